The molecule has 0 radical (unpaired) electrons. The molecule has 2 N–H and O–H groups in total. The van der Waals surface area contributed by atoms with Crippen LogP contribution < -0.4 is 5.32 Å². The van der Waals surface area contributed by atoms with Crippen molar-refractivity contribution in [1.29, 1.82) is 0 Å². The Labute approximate surface area is 124 Å². The summed E-state index contributed by atoms with van der Waals surface area (Å²) in [5, 5.41) is 12.2. The number of aliphatic carboxylic acids is 1. The summed E-state index contributed by atoms with van der Waals surface area (Å²) in [6, 6.07) is -0.00176. The molecule has 1 aliphatic carbocycles. The standard InChI is InChI=1S/C15H24N2O4/c1-3-10-6-12(13(7-10)15(20)21)14(19)17-5-4-11(8-17)16-9(2)18/h10-13H,3-8H2,1-2H3,(H,16,18)(H,20,21). The topological polar surface area (TPSA) is 86.7 Å². The molecule has 118 valence electrons. The van der Waals surface area contributed by atoms with Gasteiger partial charge < -0.3 is 15.3 Å². The van der Waals surface area contributed by atoms with Crippen molar-refractivity contribution in [2.24, 2.45) is 17.8 Å². The quantitative estimate of drug-likeness (QED) is 0.805. The zero-order valence-electron chi connectivity index (χ0n) is 12.7. The van der Waals surface area contributed by atoms with Crippen LogP contribution in [0, 0.1) is 17.8 Å². The molecule has 1 saturated carbocycles. The molecule has 2 amide bonds. The summed E-state index contributed by atoms with van der Waals surface area (Å²) in [7, 11) is 0. The molecular weight excluding hydrogens is 272 g/mol. The van der Waals surface area contributed by atoms with E-state index < -0.39 is 17.8 Å². The number of nitrogens with zero attached hydrogens (tertiary/aromatic N) is 1. The lowest BCUT2D eigenvalue weighted by Gasteiger charge is -2.23. The zero-order chi connectivity index (χ0) is 15.6. The van der Waals surface area contributed by atoms with E-state index in [9.17, 15) is 19.5 Å². The highest BCUT2D eigenvalue weighted by molar-refractivity contribution is 5.85. The fourth-order valence-electron chi connectivity index (χ4n) is 3.62. The molecule has 0 aromatic rings. The van der Waals surface area contributed by atoms with Crippen molar-refractivity contribution >= 4 is 17.8 Å². The largest absolute Gasteiger partial charge is 0.481 e. The van der Waals surface area contributed by atoms with E-state index in [2.05, 4.69) is 5.32 Å². The molecule has 21 heavy (non-hydrogen) atoms. The Morgan fingerprint density at radius 1 is 1.24 bits per heavy atom. The van der Waals surface area contributed by atoms with Gasteiger partial charge in [-0.3, -0.25) is 14.4 Å². The highest BCUT2D eigenvalue weighted by atomic mass is 16.4. The van der Waals surface area contributed by atoms with Crippen LogP contribution in [0.1, 0.15) is 39.5 Å². The summed E-state index contributed by atoms with van der Waals surface area (Å²) in [6.07, 6.45) is 2.94. The monoisotopic (exact) mass is 296 g/mol. The third-order valence-electron chi connectivity index (χ3n) is 4.78. The predicted molar refractivity (Wildman–Crippen MR) is 76.4 cm³/mol. The third-order valence-corrected chi connectivity index (χ3v) is 4.78. The Balaban J connectivity index is 1.99. The van der Waals surface area contributed by atoms with Gasteiger partial charge in [0.25, 0.3) is 0 Å². The summed E-state index contributed by atoms with van der Waals surface area (Å²) in [5.74, 6) is -1.63. The Hall–Kier alpha value is -1.59. The first-order valence-electron chi connectivity index (χ1n) is 7.71. The first kappa shape index (κ1) is 15.8. The van der Waals surface area contributed by atoms with Crippen LogP contribution in [0.2, 0.25) is 0 Å². The summed E-state index contributed by atoms with van der Waals surface area (Å²) in [6.45, 7) is 4.61. The second kappa shape index (κ2) is 6.45. The third kappa shape index (κ3) is 3.54. The Bertz CT molecular complexity index is 437. The summed E-state index contributed by atoms with van der Waals surface area (Å²) in [5.41, 5.74) is 0. The van der Waals surface area contributed by atoms with Gasteiger partial charge in [-0.25, -0.2) is 0 Å². The number of carboxylic acids is 1. The lowest BCUT2D eigenvalue weighted by Crippen LogP contribution is -2.41. The molecule has 6 nitrogen and oxygen atoms in total. The Morgan fingerprint density at radius 2 is 1.90 bits per heavy atom. The van der Waals surface area contributed by atoms with Crippen LogP contribution in [-0.4, -0.2) is 46.9 Å². The molecular formula is C15H24N2O4. The molecule has 2 fully saturated rings. The van der Waals surface area contributed by atoms with Gasteiger partial charge in [0.05, 0.1) is 11.8 Å². The maximum absolute atomic E-state index is 12.6. The number of rotatable bonds is 4. The fourth-order valence-corrected chi connectivity index (χ4v) is 3.62. The second-order valence-corrected chi connectivity index (χ2v) is 6.27. The second-order valence-electron chi connectivity index (χ2n) is 6.27. The van der Waals surface area contributed by atoms with E-state index in [0.717, 1.165) is 12.8 Å². The molecule has 6 heteroatoms. The molecule has 2 aliphatic rings. The van der Waals surface area contributed by atoms with Crippen LogP contribution in [-0.2, 0) is 14.4 Å². The summed E-state index contributed by atoms with van der Waals surface area (Å²) >= 11 is 0. The van der Waals surface area contributed by atoms with Gasteiger partial charge in [0.2, 0.25) is 11.8 Å². The maximum Gasteiger partial charge on any atom is 0.307 e. The highest BCUT2D eigenvalue weighted by Crippen LogP contribution is 2.39. The van der Waals surface area contributed by atoms with Crippen LogP contribution in [0.3, 0.4) is 0 Å². The van der Waals surface area contributed by atoms with Gasteiger partial charge in [-0.15, -0.1) is 0 Å². The van der Waals surface area contributed by atoms with Crippen LogP contribution in [0.4, 0.5) is 0 Å². The predicted octanol–water partition coefficient (Wildman–Crippen LogP) is 0.860. The van der Waals surface area contributed by atoms with Crippen molar-refractivity contribution in [2.75, 3.05) is 13.1 Å². The molecule has 1 heterocycles. The van der Waals surface area contributed by atoms with E-state index in [-0.39, 0.29) is 17.9 Å². The van der Waals surface area contributed by atoms with Crippen LogP contribution in [0.15, 0.2) is 0 Å². The Kier molecular flexibility index (Phi) is 4.85. The summed E-state index contributed by atoms with van der Waals surface area (Å²) < 4.78 is 0. The minimum absolute atomic E-state index is 0.00176. The van der Waals surface area contributed by atoms with Crippen molar-refractivity contribution in [3.63, 3.8) is 0 Å². The number of likely N-dealkylation sites (tertiary alicyclic amines) is 1. The number of carbonyl (C=O) groups excluding carboxylic acids is 2. The zero-order valence-corrected chi connectivity index (χ0v) is 12.7. The van der Waals surface area contributed by atoms with Gasteiger partial charge in [0.1, 0.15) is 0 Å². The molecule has 4 unspecified atom stereocenters. The number of hydrogen-bond donors (Lipinski definition) is 2. The van der Waals surface area contributed by atoms with E-state index in [1.54, 1.807) is 4.90 Å². The van der Waals surface area contributed by atoms with Crippen molar-refractivity contribution in [2.45, 2.75) is 45.6 Å². The SMILES string of the molecule is CCC1CC(C(=O)O)C(C(=O)N2CCC(NC(C)=O)C2)C1. The van der Waals surface area contributed by atoms with E-state index in [4.69, 9.17) is 0 Å². The lowest BCUT2D eigenvalue weighted by atomic mass is 9.95. The molecule has 0 spiro atoms. The molecule has 2 rings (SSSR count). The van der Waals surface area contributed by atoms with Gasteiger partial charge in [0, 0.05) is 26.1 Å². The molecule has 0 bridgehead atoms. The number of carbonyl (C=O) groups is 3. The Morgan fingerprint density at radius 3 is 2.48 bits per heavy atom. The van der Waals surface area contributed by atoms with Gasteiger partial charge in [-0.05, 0) is 25.2 Å². The lowest BCUT2D eigenvalue weighted by molar-refractivity contribution is -0.148. The number of hydrogen-bond acceptors (Lipinski definition) is 3. The van der Waals surface area contributed by atoms with Crippen molar-refractivity contribution in [3.8, 4) is 0 Å². The number of carboxylic acid groups (broad SMARTS) is 1. The van der Waals surface area contributed by atoms with Crippen molar-refractivity contribution < 1.29 is 19.5 Å². The molecule has 0 aromatic carbocycles. The normalized spacial score (nSPS) is 32.2. The van der Waals surface area contributed by atoms with Crippen LogP contribution in [0.5, 0.6) is 0 Å². The van der Waals surface area contributed by atoms with Crippen LogP contribution in [0.25, 0.3) is 0 Å². The van der Waals surface area contributed by atoms with Gasteiger partial charge >= 0.3 is 5.97 Å². The highest BCUT2D eigenvalue weighted by Gasteiger charge is 2.44. The average Bonchev–Trinajstić information content (AvgIpc) is 3.03. The van der Waals surface area contributed by atoms with Crippen molar-refractivity contribution in [1.82, 2.24) is 10.2 Å². The average molecular weight is 296 g/mol. The number of nitrogens with one attached hydrogen (secondary N) is 1. The molecule has 1 saturated heterocycles. The first-order chi connectivity index (χ1) is 9.92. The molecule has 0 aromatic heterocycles. The van der Waals surface area contributed by atoms with E-state index in [1.807, 2.05) is 6.92 Å². The fraction of sp³-hybridized carbons (Fsp3) is 0.800. The minimum atomic E-state index is -0.859. The van der Waals surface area contributed by atoms with E-state index in [1.165, 1.54) is 6.92 Å². The van der Waals surface area contributed by atoms with Gasteiger partial charge in [0.15, 0.2) is 0 Å². The smallest absolute Gasteiger partial charge is 0.307 e. The molecule has 4 atom stereocenters. The van der Waals surface area contributed by atoms with Crippen LogP contribution >= 0.6 is 0 Å². The summed E-state index contributed by atoms with van der Waals surface area (Å²) in [4.78, 5) is 36.8. The van der Waals surface area contributed by atoms with E-state index in [0.29, 0.717) is 31.8 Å². The van der Waals surface area contributed by atoms with Gasteiger partial charge in [-0.2, -0.15) is 0 Å². The van der Waals surface area contributed by atoms with Crippen molar-refractivity contribution in [3.05, 3.63) is 0 Å². The minimum Gasteiger partial charge on any atom is -0.481 e. The maximum atomic E-state index is 12.6. The number of amides is 2. The van der Waals surface area contributed by atoms with E-state index >= 15 is 0 Å². The van der Waals surface area contributed by atoms with Gasteiger partial charge in [-0.1, -0.05) is 13.3 Å². The first-order valence-corrected chi connectivity index (χ1v) is 7.71. The molecule has 1 aliphatic heterocycles.